The minimum atomic E-state index is -0.924. The van der Waals surface area contributed by atoms with E-state index < -0.39 is 23.3 Å². The van der Waals surface area contributed by atoms with Gasteiger partial charge in [-0.05, 0) is 37.6 Å². The number of aromatic amines is 1. The molecule has 0 saturated carbocycles. The molecule has 0 fully saturated rings. The fourth-order valence-corrected chi connectivity index (χ4v) is 3.18. The third kappa shape index (κ3) is 5.06. The molecule has 3 rings (SSSR count). The van der Waals surface area contributed by atoms with E-state index in [9.17, 15) is 14.4 Å². The summed E-state index contributed by atoms with van der Waals surface area (Å²) >= 11 is 0. The topological polar surface area (TPSA) is 124 Å². The van der Waals surface area contributed by atoms with Gasteiger partial charge in [-0.1, -0.05) is 31.5 Å². The number of unbranched alkanes of at least 4 members (excludes halogenated alkanes) is 1. The number of benzene rings is 1. The highest BCUT2D eigenvalue weighted by Crippen LogP contribution is 2.22. The molecule has 9 nitrogen and oxygen atoms in total. The molecular formula is C22H26N4O5. The lowest BCUT2D eigenvalue weighted by molar-refractivity contribution is -0.124. The largest absolute Gasteiger partial charge is 0.481 e. The van der Waals surface area contributed by atoms with Crippen molar-refractivity contribution in [1.82, 2.24) is 9.55 Å². The highest BCUT2D eigenvalue weighted by molar-refractivity contribution is 5.98. The number of ether oxygens (including phenoxy) is 1. The van der Waals surface area contributed by atoms with Crippen molar-refractivity contribution < 1.29 is 13.9 Å². The van der Waals surface area contributed by atoms with E-state index >= 15 is 0 Å². The van der Waals surface area contributed by atoms with Crippen LogP contribution < -0.4 is 26.6 Å². The second kappa shape index (κ2) is 9.84. The van der Waals surface area contributed by atoms with Crippen molar-refractivity contribution in [2.75, 3.05) is 10.6 Å². The first-order chi connectivity index (χ1) is 14.9. The molecule has 3 aromatic rings. The van der Waals surface area contributed by atoms with Crippen molar-refractivity contribution in [3.63, 3.8) is 0 Å². The number of nitrogens with two attached hydrogens (primary N) is 1. The first kappa shape index (κ1) is 21.9. The highest BCUT2D eigenvalue weighted by Gasteiger charge is 2.29. The number of anilines is 2. The Kier molecular flexibility index (Phi) is 6.96. The van der Waals surface area contributed by atoms with E-state index in [0.29, 0.717) is 24.5 Å². The third-order valence-corrected chi connectivity index (χ3v) is 4.78. The van der Waals surface area contributed by atoms with Crippen LogP contribution in [0.25, 0.3) is 0 Å². The van der Waals surface area contributed by atoms with Gasteiger partial charge >= 0.3 is 5.69 Å². The maximum Gasteiger partial charge on any atom is 0.330 e. The molecule has 2 heterocycles. The van der Waals surface area contributed by atoms with Crippen molar-refractivity contribution in [2.24, 2.45) is 0 Å². The van der Waals surface area contributed by atoms with E-state index in [1.165, 1.54) is 15.7 Å². The predicted molar refractivity (Wildman–Crippen MR) is 117 cm³/mol. The number of nitrogens with one attached hydrogen (secondary N) is 1. The second-order valence-corrected chi connectivity index (χ2v) is 7.08. The van der Waals surface area contributed by atoms with Crippen LogP contribution in [0.1, 0.15) is 32.4 Å². The normalized spacial score (nSPS) is 11.8. The quantitative estimate of drug-likeness (QED) is 0.542. The van der Waals surface area contributed by atoms with Crippen LogP contribution in [0.2, 0.25) is 0 Å². The van der Waals surface area contributed by atoms with Gasteiger partial charge in [0.15, 0.2) is 11.8 Å². The lowest BCUT2D eigenvalue weighted by atomic mass is 10.2. The minimum Gasteiger partial charge on any atom is -0.481 e. The molecule has 0 saturated heterocycles. The lowest BCUT2D eigenvalue weighted by Gasteiger charge is -2.26. The molecule has 9 heteroatoms. The number of carbonyl (C=O) groups excluding carboxylic acids is 1. The number of amides is 1. The van der Waals surface area contributed by atoms with Crippen LogP contribution in [0.15, 0.2) is 62.7 Å². The van der Waals surface area contributed by atoms with Crippen LogP contribution in [0.4, 0.5) is 11.5 Å². The SMILES string of the molecule is CCCCn1c(N)c(N(Cc2ccco2)C(=O)C(C)Oc2ccccc2)c(=O)[nH]c1=O. The van der Waals surface area contributed by atoms with Gasteiger partial charge in [-0.25, -0.2) is 4.79 Å². The summed E-state index contributed by atoms with van der Waals surface area (Å²) in [5.41, 5.74) is 4.75. The summed E-state index contributed by atoms with van der Waals surface area (Å²) < 4.78 is 12.4. The number of nitrogens with zero attached hydrogens (tertiary/aromatic N) is 2. The number of H-pyrrole nitrogens is 1. The summed E-state index contributed by atoms with van der Waals surface area (Å²) in [6, 6.07) is 12.2. The van der Waals surface area contributed by atoms with E-state index in [4.69, 9.17) is 14.9 Å². The number of carbonyl (C=O) groups is 1. The number of aromatic nitrogens is 2. The molecule has 0 radical (unpaired) electrons. The minimum absolute atomic E-state index is 0.0480. The summed E-state index contributed by atoms with van der Waals surface area (Å²) in [4.78, 5) is 41.8. The van der Waals surface area contributed by atoms with Gasteiger partial charge in [-0.15, -0.1) is 0 Å². The van der Waals surface area contributed by atoms with Gasteiger partial charge in [0, 0.05) is 6.54 Å². The molecule has 1 aromatic carbocycles. The maximum absolute atomic E-state index is 13.4. The third-order valence-electron chi connectivity index (χ3n) is 4.78. The van der Waals surface area contributed by atoms with E-state index in [-0.39, 0.29) is 18.1 Å². The Morgan fingerprint density at radius 2 is 1.97 bits per heavy atom. The predicted octanol–water partition coefficient (Wildman–Crippen LogP) is 2.51. The number of nitrogen functional groups attached to an aromatic ring is 1. The molecule has 1 atom stereocenters. The summed E-state index contributed by atoms with van der Waals surface area (Å²) in [5, 5.41) is 0. The molecule has 2 aromatic heterocycles. The van der Waals surface area contributed by atoms with Gasteiger partial charge in [0.1, 0.15) is 17.3 Å². The molecule has 164 valence electrons. The van der Waals surface area contributed by atoms with E-state index in [0.717, 1.165) is 6.42 Å². The van der Waals surface area contributed by atoms with Gasteiger partial charge < -0.3 is 14.9 Å². The zero-order chi connectivity index (χ0) is 22.4. The molecule has 0 bridgehead atoms. The van der Waals surface area contributed by atoms with Gasteiger partial charge in [0.2, 0.25) is 0 Å². The van der Waals surface area contributed by atoms with Crippen molar-refractivity contribution >= 4 is 17.4 Å². The number of hydrogen-bond donors (Lipinski definition) is 2. The number of para-hydroxylation sites is 1. The Morgan fingerprint density at radius 3 is 2.61 bits per heavy atom. The van der Waals surface area contributed by atoms with Gasteiger partial charge in [0.25, 0.3) is 11.5 Å². The fourth-order valence-electron chi connectivity index (χ4n) is 3.18. The molecule has 1 amide bonds. The first-order valence-electron chi connectivity index (χ1n) is 10.1. The maximum atomic E-state index is 13.4. The number of furan rings is 1. The van der Waals surface area contributed by atoms with Crippen LogP contribution in [0.3, 0.4) is 0 Å². The fraction of sp³-hybridized carbons (Fsp3) is 0.318. The molecule has 0 spiro atoms. The second-order valence-electron chi connectivity index (χ2n) is 7.08. The average Bonchev–Trinajstić information content (AvgIpc) is 3.26. The van der Waals surface area contributed by atoms with Crippen LogP contribution in [-0.2, 0) is 17.9 Å². The summed E-state index contributed by atoms with van der Waals surface area (Å²) in [7, 11) is 0. The highest BCUT2D eigenvalue weighted by atomic mass is 16.5. The Balaban J connectivity index is 2.02. The number of hydrogen-bond acceptors (Lipinski definition) is 6. The van der Waals surface area contributed by atoms with E-state index in [1.807, 2.05) is 13.0 Å². The van der Waals surface area contributed by atoms with Crippen molar-refractivity contribution in [1.29, 1.82) is 0 Å². The summed E-state index contributed by atoms with van der Waals surface area (Å²) in [6.45, 7) is 3.84. The molecular weight excluding hydrogens is 400 g/mol. The molecule has 0 aliphatic heterocycles. The van der Waals surface area contributed by atoms with Crippen molar-refractivity contribution in [3.8, 4) is 5.75 Å². The molecule has 3 N–H and O–H groups in total. The zero-order valence-electron chi connectivity index (χ0n) is 17.5. The Bertz CT molecular complexity index is 1120. The summed E-state index contributed by atoms with van der Waals surface area (Å²) in [6.07, 6.45) is 2.07. The standard InChI is InChI=1S/C22H26N4O5/c1-3-4-12-25-19(23)18(20(27)24-22(25)29)26(14-17-11-8-13-30-17)21(28)15(2)31-16-9-6-5-7-10-16/h5-11,13,15H,3-4,12,14,23H2,1-2H3,(H,24,27,29). The molecule has 0 aliphatic rings. The molecule has 1 unspecified atom stereocenters. The van der Waals surface area contributed by atoms with Crippen LogP contribution in [0, 0.1) is 0 Å². The van der Waals surface area contributed by atoms with Crippen molar-refractivity contribution in [2.45, 2.75) is 45.9 Å². The Hall–Kier alpha value is -3.75. The summed E-state index contributed by atoms with van der Waals surface area (Å²) in [5.74, 6) is 0.383. The average molecular weight is 426 g/mol. The monoisotopic (exact) mass is 426 g/mol. The Morgan fingerprint density at radius 1 is 1.23 bits per heavy atom. The smallest absolute Gasteiger partial charge is 0.330 e. The first-order valence-corrected chi connectivity index (χ1v) is 10.1. The molecule has 31 heavy (non-hydrogen) atoms. The van der Waals surface area contributed by atoms with Crippen molar-refractivity contribution in [3.05, 3.63) is 75.3 Å². The van der Waals surface area contributed by atoms with Gasteiger partial charge in [0.05, 0.1) is 12.8 Å². The Labute approximate surface area is 179 Å². The number of rotatable bonds is 9. The van der Waals surface area contributed by atoms with E-state index in [2.05, 4.69) is 4.98 Å². The molecule has 0 aliphatic carbocycles. The van der Waals surface area contributed by atoms with Gasteiger partial charge in [-0.3, -0.25) is 24.0 Å². The van der Waals surface area contributed by atoms with Crippen LogP contribution >= 0.6 is 0 Å². The van der Waals surface area contributed by atoms with Gasteiger partial charge in [-0.2, -0.15) is 0 Å². The van der Waals surface area contributed by atoms with Crippen LogP contribution in [-0.4, -0.2) is 21.6 Å². The van der Waals surface area contributed by atoms with Crippen LogP contribution in [0.5, 0.6) is 5.75 Å². The van der Waals surface area contributed by atoms with E-state index in [1.54, 1.807) is 43.3 Å². The zero-order valence-corrected chi connectivity index (χ0v) is 17.5. The lowest BCUT2D eigenvalue weighted by Crippen LogP contribution is -2.45.